The van der Waals surface area contributed by atoms with E-state index in [0.717, 1.165) is 19.4 Å². The van der Waals surface area contributed by atoms with E-state index in [2.05, 4.69) is 7.05 Å². The molecule has 7 atom stereocenters. The fraction of sp³-hybridized carbons (Fsp3) is 0.636. The van der Waals surface area contributed by atoms with Crippen LogP contribution in [0, 0.1) is 13.3 Å². The minimum absolute atomic E-state index is 0. The smallest absolute Gasteiger partial charge is 0.177 e. The Bertz CT molecular complexity index is 915. The van der Waals surface area contributed by atoms with Crippen LogP contribution in [0.4, 0.5) is 0 Å². The molecule has 2 unspecified atom stereocenters. The largest absolute Gasteiger partial charge is 0.504 e. The number of carbonyl (C=O) groups is 1. The molecular formula is C22H29NO6. The lowest BCUT2D eigenvalue weighted by Crippen LogP contribution is -2.85. The van der Waals surface area contributed by atoms with Gasteiger partial charge in [0, 0.05) is 24.3 Å². The minimum Gasteiger partial charge on any atom is -0.504 e. The van der Waals surface area contributed by atoms with Gasteiger partial charge in [0.15, 0.2) is 35.0 Å². The van der Waals surface area contributed by atoms with Crippen molar-refractivity contribution in [1.29, 1.82) is 0 Å². The van der Waals surface area contributed by atoms with Gasteiger partial charge in [-0.25, -0.2) is 0 Å². The standard InChI is InChI=1S/C21H25NO6.CH3/c1-22(9-10-2-3-10)7-6-20-15-11-4-5-12(23)17(15)28-19(20)13(24)8-14(25)21(20,27)18(22)16(11)26;/h4-5,10,14,16,18-19,25-27H,2-3,6-9H2,1H3;1H3/q;-1/p+1/t14?,16?,18-,19+,20+,21-,22-;/m1./s1. The first-order valence-corrected chi connectivity index (χ1v) is 10.2. The summed E-state index contributed by atoms with van der Waals surface area (Å²) in [6.07, 6.45) is -0.664. The summed E-state index contributed by atoms with van der Waals surface area (Å²) in [5.41, 5.74) is -1.70. The van der Waals surface area contributed by atoms with Crippen LogP contribution in [0.2, 0.25) is 0 Å². The summed E-state index contributed by atoms with van der Waals surface area (Å²) in [7, 11) is 2.05. The van der Waals surface area contributed by atoms with Crippen molar-refractivity contribution in [2.24, 2.45) is 5.92 Å². The molecule has 5 aliphatic rings. The first kappa shape index (κ1) is 19.3. The number of aromatic hydroxyl groups is 1. The van der Waals surface area contributed by atoms with E-state index < -0.39 is 35.4 Å². The quantitative estimate of drug-likeness (QED) is 0.425. The second kappa shape index (κ2) is 5.52. The Labute approximate surface area is 170 Å². The van der Waals surface area contributed by atoms with E-state index in [4.69, 9.17) is 4.74 Å². The van der Waals surface area contributed by atoms with Crippen LogP contribution in [0.1, 0.15) is 42.9 Å². The SMILES string of the molecule is C[N@+]1(CC2CC2)CC[C@]23c4c5ccc(O)c4O[C@H]2C(=O)CC(O)[C@@]3(O)[C@H]1C5O.[CH3-]. The summed E-state index contributed by atoms with van der Waals surface area (Å²) >= 11 is 0. The van der Waals surface area contributed by atoms with Crippen LogP contribution in [0.5, 0.6) is 11.5 Å². The number of likely N-dealkylation sites (N-methyl/N-ethyl adjacent to an activating group) is 1. The fourth-order valence-corrected chi connectivity index (χ4v) is 7.07. The predicted octanol–water partition coefficient (Wildman–Crippen LogP) is 0.582. The van der Waals surface area contributed by atoms with Crippen LogP contribution in [-0.4, -0.2) is 74.7 Å². The number of hydrogen-bond donors (Lipinski definition) is 4. The first-order chi connectivity index (χ1) is 13.2. The maximum atomic E-state index is 12.9. The van der Waals surface area contributed by atoms with Crippen molar-refractivity contribution in [2.45, 2.75) is 61.1 Å². The number of quaternary nitrogens is 1. The number of carbonyl (C=O) groups excluding carboxylic acids is 1. The maximum absolute atomic E-state index is 12.9. The Hall–Kier alpha value is -1.67. The number of phenolic OH excluding ortho intramolecular Hbond substituents is 1. The molecule has 2 heterocycles. The van der Waals surface area contributed by atoms with Crippen molar-refractivity contribution < 1.29 is 34.4 Å². The molecule has 0 aromatic heterocycles. The number of piperidine rings is 1. The third kappa shape index (κ3) is 1.95. The molecule has 2 aliphatic heterocycles. The summed E-state index contributed by atoms with van der Waals surface area (Å²) < 4.78 is 6.43. The minimum atomic E-state index is -1.70. The molecule has 2 bridgehead atoms. The number of aliphatic hydroxyl groups is 3. The Kier molecular flexibility index (Phi) is 3.67. The van der Waals surface area contributed by atoms with Crippen LogP contribution in [-0.2, 0) is 10.2 Å². The second-order valence-corrected chi connectivity index (χ2v) is 9.83. The van der Waals surface area contributed by atoms with E-state index in [-0.39, 0.29) is 31.1 Å². The highest BCUT2D eigenvalue weighted by atomic mass is 16.5. The number of ketones is 1. The van der Waals surface area contributed by atoms with Gasteiger partial charge < -0.3 is 37.1 Å². The number of hydrogen-bond acceptors (Lipinski definition) is 6. The van der Waals surface area contributed by atoms with Gasteiger partial charge in [-0.2, -0.15) is 0 Å². The highest BCUT2D eigenvalue weighted by Crippen LogP contribution is 2.67. The third-order valence-corrected chi connectivity index (χ3v) is 8.34. The fourth-order valence-electron chi connectivity index (χ4n) is 7.07. The van der Waals surface area contributed by atoms with Crippen LogP contribution in [0.15, 0.2) is 12.1 Å². The molecule has 0 radical (unpaired) electrons. The average Bonchev–Trinajstić information content (AvgIpc) is 3.35. The summed E-state index contributed by atoms with van der Waals surface area (Å²) in [4.78, 5) is 12.9. The second-order valence-electron chi connectivity index (χ2n) is 9.83. The molecule has 1 aromatic rings. The van der Waals surface area contributed by atoms with Crippen LogP contribution in [0.25, 0.3) is 0 Å². The summed E-state index contributed by atoms with van der Waals surface area (Å²) in [5.74, 6) is 0.398. The molecule has 3 aliphatic carbocycles. The lowest BCUT2D eigenvalue weighted by molar-refractivity contribution is -0.955. The summed E-state index contributed by atoms with van der Waals surface area (Å²) in [6.45, 7) is 1.52. The Morgan fingerprint density at radius 1 is 1.28 bits per heavy atom. The number of likely N-dealkylation sites (tertiary alicyclic amines) is 1. The normalized spacial score (nSPS) is 46.6. The number of phenols is 1. The summed E-state index contributed by atoms with van der Waals surface area (Å²) in [5, 5.41) is 45.1. The number of benzene rings is 1. The molecule has 3 fully saturated rings. The zero-order chi connectivity index (χ0) is 19.6. The molecule has 1 aromatic carbocycles. The highest BCUT2D eigenvalue weighted by Gasteiger charge is 2.81. The van der Waals surface area contributed by atoms with Crippen LogP contribution < -0.4 is 4.74 Å². The molecule has 7 nitrogen and oxygen atoms in total. The van der Waals surface area contributed by atoms with Gasteiger partial charge in [0.1, 0.15) is 6.10 Å². The first-order valence-electron chi connectivity index (χ1n) is 10.2. The topological polar surface area (TPSA) is 107 Å². The van der Waals surface area contributed by atoms with Crippen molar-refractivity contribution in [3.63, 3.8) is 0 Å². The predicted molar refractivity (Wildman–Crippen MR) is 103 cm³/mol. The van der Waals surface area contributed by atoms with E-state index in [1.807, 2.05) is 0 Å². The van der Waals surface area contributed by atoms with Gasteiger partial charge in [0.25, 0.3) is 0 Å². The molecule has 4 N–H and O–H groups in total. The molecule has 29 heavy (non-hydrogen) atoms. The molecule has 1 spiro atoms. The molecular weight excluding hydrogens is 374 g/mol. The van der Waals surface area contributed by atoms with Gasteiger partial charge in [0.2, 0.25) is 0 Å². The van der Waals surface area contributed by atoms with Gasteiger partial charge >= 0.3 is 0 Å². The van der Waals surface area contributed by atoms with Crippen molar-refractivity contribution >= 4 is 5.78 Å². The maximum Gasteiger partial charge on any atom is 0.177 e. The van der Waals surface area contributed by atoms with Crippen LogP contribution in [0.3, 0.4) is 0 Å². The summed E-state index contributed by atoms with van der Waals surface area (Å²) in [6, 6.07) is 2.51. The van der Waals surface area contributed by atoms with Crippen molar-refractivity contribution in [2.75, 3.05) is 20.1 Å². The number of Topliss-reactive ketones (excluding diaryl/α,β-unsaturated/α-hetero) is 1. The van der Waals surface area contributed by atoms with Gasteiger partial charge in [-0.05, 0) is 24.5 Å². The Morgan fingerprint density at radius 2 is 2.00 bits per heavy atom. The molecule has 0 amide bonds. The Balaban J connectivity index is 0.00000181. The van der Waals surface area contributed by atoms with Gasteiger partial charge in [0.05, 0.1) is 31.7 Å². The molecule has 6 rings (SSSR count). The molecule has 158 valence electrons. The van der Waals surface area contributed by atoms with E-state index in [0.29, 0.717) is 34.5 Å². The third-order valence-electron chi connectivity index (χ3n) is 8.34. The zero-order valence-electron chi connectivity index (χ0n) is 16.8. The number of ether oxygens (including phenoxy) is 1. The number of nitrogens with zero attached hydrogens (tertiary/aromatic N) is 1. The van der Waals surface area contributed by atoms with E-state index in [1.165, 1.54) is 6.07 Å². The lowest BCUT2D eigenvalue weighted by atomic mass is 9.47. The van der Waals surface area contributed by atoms with Gasteiger partial charge in [-0.1, -0.05) is 6.07 Å². The van der Waals surface area contributed by atoms with E-state index in [1.54, 1.807) is 6.07 Å². The van der Waals surface area contributed by atoms with E-state index >= 15 is 0 Å². The molecule has 1 saturated heterocycles. The number of rotatable bonds is 2. The highest BCUT2D eigenvalue weighted by molar-refractivity contribution is 5.90. The average molecular weight is 403 g/mol. The van der Waals surface area contributed by atoms with Crippen molar-refractivity contribution in [1.82, 2.24) is 0 Å². The monoisotopic (exact) mass is 403 g/mol. The zero-order valence-corrected chi connectivity index (χ0v) is 16.8. The van der Waals surface area contributed by atoms with Crippen LogP contribution >= 0.6 is 0 Å². The van der Waals surface area contributed by atoms with E-state index in [9.17, 15) is 25.2 Å². The van der Waals surface area contributed by atoms with Gasteiger partial charge in [-0.3, -0.25) is 4.79 Å². The molecule has 2 saturated carbocycles. The van der Waals surface area contributed by atoms with Crippen molar-refractivity contribution in [3.05, 3.63) is 30.7 Å². The Morgan fingerprint density at radius 3 is 2.69 bits per heavy atom. The van der Waals surface area contributed by atoms with Gasteiger partial charge in [-0.15, -0.1) is 0 Å². The molecule has 7 heteroatoms. The number of aliphatic hydroxyl groups excluding tert-OH is 2. The lowest BCUT2D eigenvalue weighted by Gasteiger charge is -2.66. The van der Waals surface area contributed by atoms with Crippen molar-refractivity contribution in [3.8, 4) is 11.5 Å².